The summed E-state index contributed by atoms with van der Waals surface area (Å²) in [6.45, 7) is 6.92. The molecule has 69 valence electrons. The van der Waals surface area contributed by atoms with Crippen molar-refractivity contribution in [1.29, 1.82) is 0 Å². The molecule has 0 aromatic rings. The van der Waals surface area contributed by atoms with Crippen LogP contribution in [0.25, 0.3) is 0 Å². The Morgan fingerprint density at radius 3 is 2.92 bits per heavy atom. The minimum Gasteiger partial charge on any atom is -0.314 e. The molecular formula is C7H13N2O2S. The molecule has 0 atom stereocenters. The van der Waals surface area contributed by atoms with E-state index in [-0.39, 0.29) is 5.75 Å². The summed E-state index contributed by atoms with van der Waals surface area (Å²) in [7, 11) is -3.11. The van der Waals surface area contributed by atoms with Crippen LogP contribution in [0.2, 0.25) is 0 Å². The molecule has 0 saturated carbocycles. The molecule has 0 unspecified atom stereocenters. The van der Waals surface area contributed by atoms with E-state index in [2.05, 4.69) is 11.9 Å². The van der Waals surface area contributed by atoms with E-state index in [4.69, 9.17) is 0 Å². The van der Waals surface area contributed by atoms with Crippen LogP contribution in [-0.4, -0.2) is 38.1 Å². The van der Waals surface area contributed by atoms with E-state index in [1.165, 1.54) is 10.4 Å². The Hall–Kier alpha value is -0.390. The first kappa shape index (κ1) is 9.70. The quantitative estimate of drug-likeness (QED) is 0.613. The van der Waals surface area contributed by atoms with Gasteiger partial charge in [0.2, 0.25) is 10.0 Å². The molecule has 0 bridgehead atoms. The molecule has 4 nitrogen and oxygen atoms in total. The van der Waals surface area contributed by atoms with Gasteiger partial charge in [0.1, 0.15) is 0 Å². The van der Waals surface area contributed by atoms with Gasteiger partial charge in [0.15, 0.2) is 0 Å². The molecule has 1 aliphatic heterocycles. The summed E-state index contributed by atoms with van der Waals surface area (Å²) in [6, 6.07) is 0. The zero-order chi connectivity index (χ0) is 9.03. The van der Waals surface area contributed by atoms with Crippen molar-refractivity contribution in [3.05, 3.63) is 19.2 Å². The number of nitrogens with one attached hydrogen (secondary N) is 1. The second-order valence-corrected chi connectivity index (χ2v) is 4.53. The van der Waals surface area contributed by atoms with Crippen molar-refractivity contribution in [1.82, 2.24) is 9.62 Å². The fourth-order valence-electron chi connectivity index (χ4n) is 1.05. The first-order valence-corrected chi connectivity index (χ1v) is 5.42. The second kappa shape index (κ2) is 4.02. The summed E-state index contributed by atoms with van der Waals surface area (Å²) in [5.74, 6) is 0.0174. The highest BCUT2D eigenvalue weighted by molar-refractivity contribution is 7.89. The van der Waals surface area contributed by atoms with Crippen molar-refractivity contribution in [2.24, 2.45) is 0 Å². The molecule has 5 heteroatoms. The largest absolute Gasteiger partial charge is 0.314 e. The summed E-state index contributed by atoms with van der Waals surface area (Å²) in [5.41, 5.74) is 0. The SMILES string of the molecule is C=CCS(=O)(=O)N1[CH]CNCC1. The van der Waals surface area contributed by atoms with E-state index in [1.807, 2.05) is 0 Å². The van der Waals surface area contributed by atoms with Gasteiger partial charge in [-0.3, -0.25) is 0 Å². The summed E-state index contributed by atoms with van der Waals surface area (Å²) in [5, 5.41) is 3.04. The highest BCUT2D eigenvalue weighted by Crippen LogP contribution is 2.05. The van der Waals surface area contributed by atoms with Crippen LogP contribution in [0, 0.1) is 6.54 Å². The number of piperazine rings is 1. The normalized spacial score (nSPS) is 20.7. The van der Waals surface area contributed by atoms with Crippen LogP contribution in [0.3, 0.4) is 0 Å². The monoisotopic (exact) mass is 189 g/mol. The molecular weight excluding hydrogens is 176 g/mol. The Morgan fingerprint density at radius 2 is 2.42 bits per heavy atom. The van der Waals surface area contributed by atoms with Crippen molar-refractivity contribution >= 4 is 10.0 Å². The topological polar surface area (TPSA) is 49.4 Å². The first-order chi connectivity index (χ1) is 5.67. The van der Waals surface area contributed by atoms with Gasteiger partial charge in [-0.2, -0.15) is 4.31 Å². The average molecular weight is 189 g/mol. The number of sulfonamides is 1. The lowest BCUT2D eigenvalue weighted by Crippen LogP contribution is -2.43. The Morgan fingerprint density at radius 1 is 1.67 bits per heavy atom. The fourth-order valence-corrected chi connectivity index (χ4v) is 2.21. The number of nitrogens with zero attached hydrogens (tertiary/aromatic N) is 1. The van der Waals surface area contributed by atoms with E-state index in [0.717, 1.165) is 0 Å². The Bertz CT molecular complexity index is 242. The van der Waals surface area contributed by atoms with Crippen molar-refractivity contribution in [3.63, 3.8) is 0 Å². The maximum Gasteiger partial charge on any atom is 0.218 e. The maximum atomic E-state index is 11.4. The summed E-state index contributed by atoms with van der Waals surface area (Å²) < 4.78 is 24.1. The lowest BCUT2D eigenvalue weighted by molar-refractivity contribution is 0.414. The van der Waals surface area contributed by atoms with Crippen LogP contribution >= 0.6 is 0 Å². The van der Waals surface area contributed by atoms with Crippen molar-refractivity contribution in [2.45, 2.75) is 0 Å². The fraction of sp³-hybridized carbons (Fsp3) is 0.571. The average Bonchev–Trinajstić information content (AvgIpc) is 2.06. The van der Waals surface area contributed by atoms with E-state index in [9.17, 15) is 8.42 Å². The molecule has 1 aliphatic rings. The maximum absolute atomic E-state index is 11.4. The number of hydrogen-bond acceptors (Lipinski definition) is 3. The smallest absolute Gasteiger partial charge is 0.218 e. The van der Waals surface area contributed by atoms with E-state index < -0.39 is 10.0 Å². The van der Waals surface area contributed by atoms with E-state index in [1.54, 1.807) is 6.54 Å². The molecule has 1 heterocycles. The minimum absolute atomic E-state index is 0.0174. The third-order valence-corrected chi connectivity index (χ3v) is 3.34. The van der Waals surface area contributed by atoms with Crippen LogP contribution in [0.4, 0.5) is 0 Å². The van der Waals surface area contributed by atoms with Crippen LogP contribution in [0.1, 0.15) is 0 Å². The number of rotatable bonds is 3. The predicted molar refractivity (Wildman–Crippen MR) is 47.9 cm³/mol. The Balaban J connectivity index is 2.60. The zero-order valence-corrected chi connectivity index (χ0v) is 7.68. The van der Waals surface area contributed by atoms with E-state index >= 15 is 0 Å². The van der Waals surface area contributed by atoms with Crippen LogP contribution in [0.5, 0.6) is 0 Å². The van der Waals surface area contributed by atoms with Gasteiger partial charge in [0, 0.05) is 19.6 Å². The Labute approximate surface area is 73.3 Å². The van der Waals surface area contributed by atoms with Gasteiger partial charge >= 0.3 is 0 Å². The lowest BCUT2D eigenvalue weighted by Gasteiger charge is -2.25. The van der Waals surface area contributed by atoms with Gasteiger partial charge in [-0.05, 0) is 0 Å². The third-order valence-electron chi connectivity index (χ3n) is 1.63. The lowest BCUT2D eigenvalue weighted by atomic mass is 10.4. The standard InChI is InChI=1S/C7H13N2O2S/c1-2-7-12(10,11)9-5-3-8-4-6-9/h2,5,8H,1,3-4,6-7H2. The molecule has 1 radical (unpaired) electrons. The van der Waals surface area contributed by atoms with Gasteiger partial charge in [-0.15, -0.1) is 6.58 Å². The molecule has 0 aliphatic carbocycles. The van der Waals surface area contributed by atoms with Gasteiger partial charge in [-0.25, -0.2) is 8.42 Å². The van der Waals surface area contributed by atoms with Gasteiger partial charge in [0.25, 0.3) is 0 Å². The minimum atomic E-state index is -3.11. The summed E-state index contributed by atoms with van der Waals surface area (Å²) >= 11 is 0. The van der Waals surface area contributed by atoms with Crippen LogP contribution < -0.4 is 5.32 Å². The van der Waals surface area contributed by atoms with Gasteiger partial charge < -0.3 is 5.32 Å². The number of hydrogen-bond donors (Lipinski definition) is 1. The molecule has 12 heavy (non-hydrogen) atoms. The van der Waals surface area contributed by atoms with Crippen LogP contribution in [-0.2, 0) is 10.0 Å². The molecule has 1 fully saturated rings. The van der Waals surface area contributed by atoms with E-state index in [0.29, 0.717) is 19.6 Å². The zero-order valence-electron chi connectivity index (χ0n) is 6.86. The highest BCUT2D eigenvalue weighted by atomic mass is 32.2. The third kappa shape index (κ3) is 2.30. The molecule has 1 rings (SSSR count). The highest BCUT2D eigenvalue weighted by Gasteiger charge is 2.22. The molecule has 0 amide bonds. The van der Waals surface area contributed by atoms with Gasteiger partial charge in [0.05, 0.1) is 12.3 Å². The first-order valence-electron chi connectivity index (χ1n) is 3.81. The molecule has 0 aromatic carbocycles. The predicted octanol–water partition coefficient (Wildman–Crippen LogP) is -0.431. The Kier molecular flexibility index (Phi) is 3.25. The molecule has 0 spiro atoms. The van der Waals surface area contributed by atoms with Crippen molar-refractivity contribution < 1.29 is 8.42 Å². The summed E-state index contributed by atoms with van der Waals surface area (Å²) in [4.78, 5) is 0. The molecule has 1 saturated heterocycles. The van der Waals surface area contributed by atoms with Gasteiger partial charge in [-0.1, -0.05) is 6.08 Å². The van der Waals surface area contributed by atoms with Crippen molar-refractivity contribution in [3.8, 4) is 0 Å². The van der Waals surface area contributed by atoms with Crippen LogP contribution in [0.15, 0.2) is 12.7 Å². The summed E-state index contributed by atoms with van der Waals surface area (Å²) in [6.07, 6.45) is 1.41. The van der Waals surface area contributed by atoms with Crippen molar-refractivity contribution in [2.75, 3.05) is 25.4 Å². The molecule has 1 N–H and O–H groups in total. The second-order valence-electron chi connectivity index (χ2n) is 2.56. The molecule has 0 aromatic heterocycles.